The van der Waals surface area contributed by atoms with Crippen LogP contribution in [0.3, 0.4) is 0 Å². The van der Waals surface area contributed by atoms with Gasteiger partial charge in [0.25, 0.3) is 5.91 Å². The zero-order valence-electron chi connectivity index (χ0n) is 14.7. The molecular weight excluding hydrogens is 349 g/mol. The molecule has 0 aromatic heterocycles. The third-order valence-electron chi connectivity index (χ3n) is 5.44. The van der Waals surface area contributed by atoms with Crippen molar-refractivity contribution < 1.29 is 42.0 Å². The van der Waals surface area contributed by atoms with Crippen molar-refractivity contribution >= 4 is 11.6 Å². The predicted molar refractivity (Wildman–Crippen MR) is 88.6 cm³/mol. The molecular formula is C18H29N2OY+. The fourth-order valence-electron chi connectivity index (χ4n) is 3.96. The van der Waals surface area contributed by atoms with E-state index in [2.05, 4.69) is 52.8 Å². The average Bonchev–Trinajstić information content (AvgIpc) is 2.85. The first-order valence-corrected chi connectivity index (χ1v) is 8.24. The Hall–Kier alpha value is -0.246. The van der Waals surface area contributed by atoms with Gasteiger partial charge in [-0.25, -0.2) is 0 Å². The van der Waals surface area contributed by atoms with E-state index < -0.39 is 0 Å². The summed E-state index contributed by atoms with van der Waals surface area (Å²) in [6, 6.07) is 6.40. The monoisotopic (exact) mass is 378 g/mol. The molecule has 1 aliphatic heterocycles. The molecule has 119 valence electrons. The number of likely N-dealkylation sites (N-methyl/N-ethyl adjacent to an activating group) is 1. The van der Waals surface area contributed by atoms with Crippen LogP contribution < -0.4 is 4.90 Å². The van der Waals surface area contributed by atoms with Crippen LogP contribution >= 0.6 is 0 Å². The normalized spacial score (nSPS) is 18.5. The topological polar surface area (TPSA) is 20.3 Å². The molecule has 1 saturated heterocycles. The number of aryl methyl sites for hydroxylation is 2. The van der Waals surface area contributed by atoms with Gasteiger partial charge in [0, 0.05) is 51.4 Å². The second kappa shape index (κ2) is 8.03. The van der Waals surface area contributed by atoms with Gasteiger partial charge in [-0.15, -0.1) is 0 Å². The summed E-state index contributed by atoms with van der Waals surface area (Å²) in [5, 5.41) is 0. The molecule has 1 fully saturated rings. The number of hydrogen-bond acceptors (Lipinski definition) is 1. The van der Waals surface area contributed by atoms with Crippen molar-refractivity contribution in [3.8, 4) is 0 Å². The number of nitrogens with zero attached hydrogens (tertiary/aromatic N) is 2. The van der Waals surface area contributed by atoms with Crippen LogP contribution in [0.1, 0.15) is 38.3 Å². The van der Waals surface area contributed by atoms with Gasteiger partial charge in [0.2, 0.25) is 0 Å². The number of carbonyl (C=O) groups excluding carboxylic acids is 1. The van der Waals surface area contributed by atoms with Gasteiger partial charge in [-0.05, 0) is 45.7 Å². The summed E-state index contributed by atoms with van der Waals surface area (Å²) in [5.74, 6) is 0.318. The molecule has 0 N–H and O–H groups in total. The van der Waals surface area contributed by atoms with Crippen LogP contribution in [-0.4, -0.2) is 42.6 Å². The first-order chi connectivity index (χ1) is 10.0. The molecule has 0 aliphatic carbocycles. The van der Waals surface area contributed by atoms with Crippen LogP contribution in [0.4, 0.5) is 5.69 Å². The minimum Gasteiger partial charge on any atom is -0.314 e. The Morgan fingerprint density at radius 1 is 1.09 bits per heavy atom. The smallest absolute Gasteiger partial charge is 0.285 e. The van der Waals surface area contributed by atoms with Gasteiger partial charge < -0.3 is 9.38 Å². The fraction of sp³-hybridized carbons (Fsp3) is 0.611. The molecule has 1 heterocycles. The summed E-state index contributed by atoms with van der Waals surface area (Å²) in [4.78, 5) is 15.1. The van der Waals surface area contributed by atoms with E-state index in [0.717, 1.165) is 42.8 Å². The Morgan fingerprint density at radius 3 is 2.05 bits per heavy atom. The van der Waals surface area contributed by atoms with E-state index in [1.54, 1.807) is 0 Å². The zero-order valence-corrected chi connectivity index (χ0v) is 17.6. The molecule has 1 unspecified atom stereocenters. The Morgan fingerprint density at radius 2 is 1.59 bits per heavy atom. The average molecular weight is 378 g/mol. The van der Waals surface area contributed by atoms with Crippen molar-refractivity contribution in [2.75, 3.05) is 31.1 Å². The molecule has 3 nitrogen and oxygen atoms in total. The van der Waals surface area contributed by atoms with Crippen LogP contribution in [0, 0.1) is 13.8 Å². The molecule has 1 aromatic carbocycles. The summed E-state index contributed by atoms with van der Waals surface area (Å²) in [5.41, 5.74) is 3.53. The number of carbonyl (C=O) groups is 1. The van der Waals surface area contributed by atoms with Gasteiger partial charge in [0.15, 0.2) is 6.04 Å². The van der Waals surface area contributed by atoms with E-state index in [4.69, 9.17) is 0 Å². The zero-order chi connectivity index (χ0) is 15.6. The number of anilines is 1. The van der Waals surface area contributed by atoms with Gasteiger partial charge >= 0.3 is 0 Å². The van der Waals surface area contributed by atoms with Gasteiger partial charge in [0.1, 0.15) is 0 Å². The van der Waals surface area contributed by atoms with Crippen molar-refractivity contribution in [3.63, 3.8) is 0 Å². The molecule has 2 rings (SSSR count). The summed E-state index contributed by atoms with van der Waals surface area (Å²) in [6.07, 6.45) is 0.974. The molecule has 1 amide bonds. The van der Waals surface area contributed by atoms with Crippen LogP contribution in [0.2, 0.25) is 0 Å². The van der Waals surface area contributed by atoms with E-state index in [0.29, 0.717) is 5.91 Å². The maximum Gasteiger partial charge on any atom is 0.285 e. The number of amides is 1. The number of rotatable bonds is 5. The van der Waals surface area contributed by atoms with E-state index in [9.17, 15) is 4.79 Å². The molecule has 0 saturated carbocycles. The Kier molecular flexibility index (Phi) is 7.23. The minimum atomic E-state index is 0. The molecule has 1 radical (unpaired) electrons. The van der Waals surface area contributed by atoms with Crippen molar-refractivity contribution in [2.24, 2.45) is 0 Å². The minimum absolute atomic E-state index is 0. The second-order valence-corrected chi connectivity index (χ2v) is 6.20. The summed E-state index contributed by atoms with van der Waals surface area (Å²) >= 11 is 0. The number of para-hydroxylation sites is 1. The molecule has 1 atom stereocenters. The quantitative estimate of drug-likeness (QED) is 0.721. The molecule has 1 aromatic rings. The van der Waals surface area contributed by atoms with E-state index in [1.165, 1.54) is 11.1 Å². The molecule has 1 aliphatic rings. The van der Waals surface area contributed by atoms with Crippen LogP contribution in [0.5, 0.6) is 0 Å². The van der Waals surface area contributed by atoms with Crippen LogP contribution in [-0.2, 0) is 37.5 Å². The third-order valence-corrected chi connectivity index (χ3v) is 5.44. The van der Waals surface area contributed by atoms with Crippen molar-refractivity contribution in [1.29, 1.82) is 0 Å². The number of benzene rings is 1. The van der Waals surface area contributed by atoms with Crippen LogP contribution in [0.25, 0.3) is 0 Å². The van der Waals surface area contributed by atoms with Crippen molar-refractivity contribution in [3.05, 3.63) is 29.3 Å². The van der Waals surface area contributed by atoms with Gasteiger partial charge in [-0.1, -0.05) is 18.2 Å². The second-order valence-electron chi connectivity index (χ2n) is 6.20. The van der Waals surface area contributed by atoms with E-state index in [1.807, 2.05) is 4.90 Å². The van der Waals surface area contributed by atoms with Crippen LogP contribution in [0.15, 0.2) is 18.2 Å². The molecule has 4 heteroatoms. The summed E-state index contributed by atoms with van der Waals surface area (Å²) < 4.78 is 0.917. The standard InChI is InChI=1S/C18H29N2O.Y/c1-6-20(7-2,8-3)16-12-13-19(18(16)21)17-14(4)10-9-11-15(17)5;/h9-11,16H,6-8,12-13H2,1-5H3;/q+1;. The van der Waals surface area contributed by atoms with Gasteiger partial charge in [0.05, 0.1) is 19.6 Å². The SMILES string of the molecule is CC[N+](CC)(CC)C1CCN(c2c(C)cccc2C)C1=O.[Y]. The number of hydrogen-bond donors (Lipinski definition) is 0. The maximum atomic E-state index is 13.0. The van der Waals surface area contributed by atoms with Crippen molar-refractivity contribution in [2.45, 2.75) is 47.1 Å². The van der Waals surface area contributed by atoms with Gasteiger partial charge in [-0.2, -0.15) is 0 Å². The Labute approximate surface area is 160 Å². The van der Waals surface area contributed by atoms with Crippen molar-refractivity contribution in [1.82, 2.24) is 0 Å². The molecule has 0 bridgehead atoms. The Balaban J connectivity index is 0.00000242. The molecule has 0 spiro atoms. The predicted octanol–water partition coefficient (Wildman–Crippen LogP) is 3.28. The fourth-order valence-corrected chi connectivity index (χ4v) is 3.96. The summed E-state index contributed by atoms with van der Waals surface area (Å²) in [6.45, 7) is 14.8. The maximum absolute atomic E-state index is 13.0. The van der Waals surface area contributed by atoms with E-state index >= 15 is 0 Å². The van der Waals surface area contributed by atoms with E-state index in [-0.39, 0.29) is 38.8 Å². The molecule has 22 heavy (non-hydrogen) atoms. The first-order valence-electron chi connectivity index (χ1n) is 8.24. The van der Waals surface area contributed by atoms with Gasteiger partial charge in [-0.3, -0.25) is 4.79 Å². The number of quaternary nitrogens is 1. The summed E-state index contributed by atoms with van der Waals surface area (Å²) in [7, 11) is 0. The Bertz CT molecular complexity index is 497. The first kappa shape index (κ1) is 19.8. The largest absolute Gasteiger partial charge is 0.314 e. The third kappa shape index (κ3) is 3.32.